The molecule has 0 fully saturated rings. The number of amides is 2. The molecule has 0 saturated heterocycles. The number of hydrogen-bond acceptors (Lipinski definition) is 2. The van der Waals surface area contributed by atoms with Gasteiger partial charge in [-0.3, -0.25) is 9.59 Å². The molecule has 0 saturated carbocycles. The van der Waals surface area contributed by atoms with Gasteiger partial charge in [-0.1, -0.05) is 47.5 Å². The van der Waals surface area contributed by atoms with E-state index in [1.165, 1.54) is 0 Å². The van der Waals surface area contributed by atoms with Gasteiger partial charge in [-0.05, 0) is 29.8 Å². The molecule has 0 radical (unpaired) electrons. The minimum absolute atomic E-state index is 0.115. The lowest BCUT2D eigenvalue weighted by atomic mass is 10.2. The second-order valence-electron chi connectivity index (χ2n) is 4.56. The third kappa shape index (κ3) is 4.76. The van der Waals surface area contributed by atoms with Crippen molar-refractivity contribution in [2.24, 2.45) is 0 Å². The Bertz CT molecular complexity index is 689. The lowest BCUT2D eigenvalue weighted by molar-refractivity contribution is -0.120. The predicted octanol–water partition coefficient (Wildman–Crippen LogP) is 3.04. The highest BCUT2D eigenvalue weighted by atomic mass is 35.5. The molecule has 0 spiro atoms. The van der Waals surface area contributed by atoms with Crippen LogP contribution in [0.3, 0.4) is 0 Å². The lowest BCUT2D eigenvalue weighted by Gasteiger charge is -2.08. The van der Waals surface area contributed by atoms with E-state index >= 15 is 0 Å². The fraction of sp³-hybridized carbons (Fsp3) is 0.125. The molecule has 0 aromatic heterocycles. The Balaban J connectivity index is 1.81. The van der Waals surface area contributed by atoms with Crippen LogP contribution in [0.4, 0.5) is 0 Å². The highest BCUT2D eigenvalue weighted by molar-refractivity contribution is 6.31. The summed E-state index contributed by atoms with van der Waals surface area (Å²) in [5.41, 5.74) is 1.23. The molecule has 4 nitrogen and oxygen atoms in total. The van der Waals surface area contributed by atoms with E-state index in [-0.39, 0.29) is 18.4 Å². The summed E-state index contributed by atoms with van der Waals surface area (Å²) in [6.45, 7) is 0.196. The fourth-order valence-electron chi connectivity index (χ4n) is 1.79. The summed E-state index contributed by atoms with van der Waals surface area (Å²) in [4.78, 5) is 23.6. The molecule has 114 valence electrons. The van der Waals surface area contributed by atoms with Gasteiger partial charge in [-0.25, -0.2) is 0 Å². The monoisotopic (exact) mass is 336 g/mol. The van der Waals surface area contributed by atoms with Gasteiger partial charge >= 0.3 is 0 Å². The Labute approximate surface area is 138 Å². The highest BCUT2D eigenvalue weighted by Gasteiger charge is 2.08. The molecule has 0 bridgehead atoms. The van der Waals surface area contributed by atoms with Crippen LogP contribution in [0.1, 0.15) is 15.9 Å². The first-order valence-electron chi connectivity index (χ1n) is 6.60. The molecule has 0 aliphatic heterocycles. The van der Waals surface area contributed by atoms with Crippen molar-refractivity contribution in [1.82, 2.24) is 10.6 Å². The molecule has 2 aromatic rings. The van der Waals surface area contributed by atoms with E-state index in [1.807, 2.05) is 18.2 Å². The minimum Gasteiger partial charge on any atom is -0.350 e. The zero-order chi connectivity index (χ0) is 15.9. The van der Waals surface area contributed by atoms with E-state index in [2.05, 4.69) is 10.6 Å². The maximum atomic E-state index is 11.9. The van der Waals surface area contributed by atoms with Crippen LogP contribution in [-0.2, 0) is 11.3 Å². The van der Waals surface area contributed by atoms with Gasteiger partial charge in [0.15, 0.2) is 0 Å². The third-order valence-corrected chi connectivity index (χ3v) is 3.53. The number of nitrogens with one attached hydrogen (secondary N) is 2. The van der Waals surface area contributed by atoms with Crippen LogP contribution >= 0.6 is 23.2 Å². The summed E-state index contributed by atoms with van der Waals surface area (Å²) < 4.78 is 0. The van der Waals surface area contributed by atoms with Crippen LogP contribution in [0.2, 0.25) is 10.0 Å². The first-order valence-corrected chi connectivity index (χ1v) is 7.36. The molecule has 2 amide bonds. The Morgan fingerprint density at radius 3 is 2.45 bits per heavy atom. The molecule has 0 heterocycles. The number of benzene rings is 2. The zero-order valence-corrected chi connectivity index (χ0v) is 13.1. The fourth-order valence-corrected chi connectivity index (χ4v) is 2.18. The molecular weight excluding hydrogens is 323 g/mol. The van der Waals surface area contributed by atoms with Gasteiger partial charge < -0.3 is 10.6 Å². The summed E-state index contributed by atoms with van der Waals surface area (Å²) in [6.07, 6.45) is 0. The van der Waals surface area contributed by atoms with Crippen LogP contribution < -0.4 is 10.6 Å². The Morgan fingerprint density at radius 1 is 0.955 bits per heavy atom. The van der Waals surface area contributed by atoms with E-state index in [9.17, 15) is 9.59 Å². The van der Waals surface area contributed by atoms with E-state index < -0.39 is 0 Å². The van der Waals surface area contributed by atoms with Crippen molar-refractivity contribution in [3.05, 3.63) is 69.7 Å². The highest BCUT2D eigenvalue weighted by Crippen LogP contribution is 2.14. The van der Waals surface area contributed by atoms with E-state index in [1.54, 1.807) is 30.3 Å². The average Bonchev–Trinajstić information content (AvgIpc) is 2.52. The summed E-state index contributed by atoms with van der Waals surface area (Å²) in [5, 5.41) is 6.29. The lowest BCUT2D eigenvalue weighted by Crippen LogP contribution is -2.36. The van der Waals surface area contributed by atoms with Crippen molar-refractivity contribution < 1.29 is 9.59 Å². The van der Waals surface area contributed by atoms with Crippen molar-refractivity contribution in [3.8, 4) is 0 Å². The number of hydrogen-bond donors (Lipinski definition) is 2. The standard InChI is InChI=1S/C16H14Cl2N2O2/c17-13-6-3-5-11(8-13)16(22)20-10-15(21)19-9-12-4-1-2-7-14(12)18/h1-8H,9-10H2,(H,19,21)(H,20,22). The van der Waals surface area contributed by atoms with E-state index in [0.717, 1.165) is 5.56 Å². The Morgan fingerprint density at radius 2 is 1.73 bits per heavy atom. The molecular formula is C16H14Cl2N2O2. The molecule has 2 aromatic carbocycles. The maximum absolute atomic E-state index is 11.9. The van der Waals surface area contributed by atoms with Crippen molar-refractivity contribution >= 4 is 35.0 Å². The average molecular weight is 337 g/mol. The van der Waals surface area contributed by atoms with Crippen LogP contribution in [0.15, 0.2) is 48.5 Å². The molecule has 22 heavy (non-hydrogen) atoms. The summed E-state index contributed by atoms with van der Waals surface area (Å²) in [6, 6.07) is 13.8. The van der Waals surface area contributed by atoms with Gasteiger partial charge in [0.05, 0.1) is 6.54 Å². The molecule has 0 aliphatic carbocycles. The Hall–Kier alpha value is -2.04. The van der Waals surface area contributed by atoms with Gasteiger partial charge in [0, 0.05) is 22.2 Å². The first kappa shape index (κ1) is 16.3. The summed E-state index contributed by atoms with van der Waals surface area (Å²) in [5.74, 6) is -0.648. The smallest absolute Gasteiger partial charge is 0.251 e. The molecule has 0 aliphatic rings. The molecule has 2 N–H and O–H groups in total. The SMILES string of the molecule is O=C(CNC(=O)c1cccc(Cl)c1)NCc1ccccc1Cl. The molecule has 2 rings (SSSR count). The predicted molar refractivity (Wildman–Crippen MR) is 87.1 cm³/mol. The van der Waals surface area contributed by atoms with Gasteiger partial charge in [0.1, 0.15) is 0 Å². The van der Waals surface area contributed by atoms with E-state index in [0.29, 0.717) is 22.2 Å². The van der Waals surface area contributed by atoms with Gasteiger partial charge in [-0.15, -0.1) is 0 Å². The molecule has 0 unspecified atom stereocenters. The largest absolute Gasteiger partial charge is 0.350 e. The number of rotatable bonds is 5. The molecule has 6 heteroatoms. The number of carbonyl (C=O) groups is 2. The normalized spacial score (nSPS) is 10.1. The second-order valence-corrected chi connectivity index (χ2v) is 5.40. The first-order chi connectivity index (χ1) is 10.6. The Kier molecular flexibility index (Phi) is 5.81. The second kappa shape index (κ2) is 7.82. The van der Waals surface area contributed by atoms with Gasteiger partial charge in [0.2, 0.25) is 5.91 Å². The number of halogens is 2. The van der Waals surface area contributed by atoms with Crippen LogP contribution in [0.25, 0.3) is 0 Å². The zero-order valence-electron chi connectivity index (χ0n) is 11.6. The maximum Gasteiger partial charge on any atom is 0.251 e. The third-order valence-electron chi connectivity index (χ3n) is 2.93. The summed E-state index contributed by atoms with van der Waals surface area (Å²) in [7, 11) is 0. The van der Waals surface area contributed by atoms with Crippen molar-refractivity contribution in [2.75, 3.05) is 6.54 Å². The van der Waals surface area contributed by atoms with Crippen molar-refractivity contribution in [1.29, 1.82) is 0 Å². The van der Waals surface area contributed by atoms with Gasteiger partial charge in [-0.2, -0.15) is 0 Å². The van der Waals surface area contributed by atoms with Gasteiger partial charge in [0.25, 0.3) is 5.91 Å². The van der Waals surface area contributed by atoms with Crippen LogP contribution in [0, 0.1) is 0 Å². The quantitative estimate of drug-likeness (QED) is 0.881. The van der Waals surface area contributed by atoms with Crippen molar-refractivity contribution in [2.45, 2.75) is 6.54 Å². The molecule has 0 atom stereocenters. The topological polar surface area (TPSA) is 58.2 Å². The van der Waals surface area contributed by atoms with Crippen LogP contribution in [0.5, 0.6) is 0 Å². The van der Waals surface area contributed by atoms with Crippen molar-refractivity contribution in [3.63, 3.8) is 0 Å². The van der Waals surface area contributed by atoms with Crippen LogP contribution in [-0.4, -0.2) is 18.4 Å². The minimum atomic E-state index is -0.351. The summed E-state index contributed by atoms with van der Waals surface area (Å²) >= 11 is 11.8. The number of carbonyl (C=O) groups excluding carboxylic acids is 2. The van der Waals surface area contributed by atoms with E-state index in [4.69, 9.17) is 23.2 Å².